The van der Waals surface area contributed by atoms with E-state index in [4.69, 9.17) is 0 Å². The van der Waals surface area contributed by atoms with Crippen LogP contribution >= 0.6 is 0 Å². The number of hydrogen-bond acceptors (Lipinski definition) is 1. The van der Waals surface area contributed by atoms with Crippen LogP contribution in [0.1, 0.15) is 20.8 Å². The van der Waals surface area contributed by atoms with Gasteiger partial charge < -0.3 is 4.90 Å². The molecule has 0 bridgehead atoms. The van der Waals surface area contributed by atoms with Crippen molar-refractivity contribution in [2.24, 2.45) is 5.92 Å². The van der Waals surface area contributed by atoms with Gasteiger partial charge in [-0.05, 0) is 25.5 Å². The van der Waals surface area contributed by atoms with Crippen LogP contribution in [-0.4, -0.2) is 25.0 Å². The second-order valence-corrected chi connectivity index (χ2v) is 3.75. The molecule has 1 heteroatoms. The van der Waals surface area contributed by atoms with Crippen molar-refractivity contribution < 1.29 is 0 Å². The average Bonchev–Trinajstić information content (AvgIpc) is 1.84. The molecule has 0 spiro atoms. The van der Waals surface area contributed by atoms with Gasteiger partial charge in [0.15, 0.2) is 0 Å². The first-order valence-electron chi connectivity index (χ1n) is 4.55. The summed E-state index contributed by atoms with van der Waals surface area (Å²) in [5.41, 5.74) is 1.18. The molecule has 0 unspecified atom stereocenters. The Morgan fingerprint density at radius 3 is 2.50 bits per heavy atom. The Morgan fingerprint density at radius 1 is 1.50 bits per heavy atom. The molecular formula is C11H21N. The third kappa shape index (κ3) is 6.17. The van der Waals surface area contributed by atoms with Gasteiger partial charge in [-0.15, -0.1) is 0 Å². The fraction of sp³-hybridized carbons (Fsp3) is 0.636. The number of rotatable bonds is 5. The Hall–Kier alpha value is -0.560. The molecule has 0 aliphatic rings. The fourth-order valence-electron chi connectivity index (χ4n) is 1.32. The van der Waals surface area contributed by atoms with Crippen molar-refractivity contribution in [3.8, 4) is 0 Å². The Morgan fingerprint density at radius 2 is 2.08 bits per heavy atom. The zero-order chi connectivity index (χ0) is 9.56. The number of likely N-dealkylation sites (N-methyl/N-ethyl adjacent to an activating group) is 1. The molecule has 0 radical (unpaired) electrons. The van der Waals surface area contributed by atoms with Gasteiger partial charge in [0.1, 0.15) is 0 Å². The quantitative estimate of drug-likeness (QED) is 0.569. The lowest BCUT2D eigenvalue weighted by molar-refractivity contribution is 0.320. The van der Waals surface area contributed by atoms with Gasteiger partial charge in [-0.3, -0.25) is 0 Å². The van der Waals surface area contributed by atoms with Crippen molar-refractivity contribution in [3.05, 3.63) is 24.3 Å². The molecule has 0 heterocycles. The van der Waals surface area contributed by atoms with Crippen LogP contribution in [0.15, 0.2) is 24.3 Å². The highest BCUT2D eigenvalue weighted by Crippen LogP contribution is 2.00. The SMILES string of the molecule is C=C(/C=C\C)CN(C)CC(C)C. The maximum atomic E-state index is 3.96. The largest absolute Gasteiger partial charge is 0.302 e. The molecular weight excluding hydrogens is 146 g/mol. The smallest absolute Gasteiger partial charge is 0.0224 e. The van der Waals surface area contributed by atoms with E-state index in [0.717, 1.165) is 19.0 Å². The fourth-order valence-corrected chi connectivity index (χ4v) is 1.32. The van der Waals surface area contributed by atoms with Gasteiger partial charge in [-0.1, -0.05) is 32.6 Å². The van der Waals surface area contributed by atoms with Crippen molar-refractivity contribution >= 4 is 0 Å². The monoisotopic (exact) mass is 167 g/mol. The topological polar surface area (TPSA) is 3.24 Å². The molecule has 0 amide bonds. The van der Waals surface area contributed by atoms with Gasteiger partial charge in [0.25, 0.3) is 0 Å². The summed E-state index contributed by atoms with van der Waals surface area (Å²) in [6.07, 6.45) is 4.10. The van der Waals surface area contributed by atoms with Crippen molar-refractivity contribution in [1.82, 2.24) is 4.90 Å². The van der Waals surface area contributed by atoms with Crippen LogP contribution in [0, 0.1) is 5.92 Å². The third-order valence-corrected chi connectivity index (χ3v) is 1.55. The molecule has 0 aromatic rings. The first kappa shape index (κ1) is 11.4. The predicted molar refractivity (Wildman–Crippen MR) is 56.3 cm³/mol. The maximum absolute atomic E-state index is 3.96. The Kier molecular flexibility index (Phi) is 5.73. The third-order valence-electron chi connectivity index (χ3n) is 1.55. The molecule has 0 atom stereocenters. The predicted octanol–water partition coefficient (Wildman–Crippen LogP) is 2.71. The lowest BCUT2D eigenvalue weighted by atomic mass is 10.2. The number of hydrogen-bond donors (Lipinski definition) is 0. The van der Waals surface area contributed by atoms with Crippen LogP contribution in [-0.2, 0) is 0 Å². The lowest BCUT2D eigenvalue weighted by Gasteiger charge is -2.18. The van der Waals surface area contributed by atoms with E-state index < -0.39 is 0 Å². The minimum Gasteiger partial charge on any atom is -0.302 e. The minimum atomic E-state index is 0.730. The van der Waals surface area contributed by atoms with Crippen LogP contribution in [0.5, 0.6) is 0 Å². The molecule has 1 nitrogen and oxygen atoms in total. The summed E-state index contributed by atoms with van der Waals surface area (Å²) in [5, 5.41) is 0. The molecule has 12 heavy (non-hydrogen) atoms. The van der Waals surface area contributed by atoms with Gasteiger partial charge >= 0.3 is 0 Å². The highest BCUT2D eigenvalue weighted by atomic mass is 15.1. The summed E-state index contributed by atoms with van der Waals surface area (Å²) in [7, 11) is 2.13. The Labute approximate surface area is 76.8 Å². The van der Waals surface area contributed by atoms with Gasteiger partial charge in [0.2, 0.25) is 0 Å². The summed E-state index contributed by atoms with van der Waals surface area (Å²) in [6, 6.07) is 0. The van der Waals surface area contributed by atoms with E-state index >= 15 is 0 Å². The summed E-state index contributed by atoms with van der Waals surface area (Å²) >= 11 is 0. The summed E-state index contributed by atoms with van der Waals surface area (Å²) in [6.45, 7) is 12.6. The van der Waals surface area contributed by atoms with E-state index in [1.807, 2.05) is 13.0 Å². The Balaban J connectivity index is 3.68. The van der Waals surface area contributed by atoms with E-state index in [1.54, 1.807) is 0 Å². The Bertz CT molecular complexity index is 156. The van der Waals surface area contributed by atoms with Crippen LogP contribution in [0.25, 0.3) is 0 Å². The van der Waals surface area contributed by atoms with Crippen molar-refractivity contribution in [3.63, 3.8) is 0 Å². The van der Waals surface area contributed by atoms with Gasteiger partial charge in [0, 0.05) is 13.1 Å². The van der Waals surface area contributed by atoms with E-state index in [2.05, 4.69) is 38.5 Å². The summed E-state index contributed by atoms with van der Waals surface area (Å²) in [4.78, 5) is 2.30. The zero-order valence-electron chi connectivity index (χ0n) is 8.80. The van der Waals surface area contributed by atoms with E-state index in [1.165, 1.54) is 5.57 Å². The van der Waals surface area contributed by atoms with Gasteiger partial charge in [-0.2, -0.15) is 0 Å². The minimum absolute atomic E-state index is 0.730. The lowest BCUT2D eigenvalue weighted by Crippen LogP contribution is -2.24. The summed E-state index contributed by atoms with van der Waals surface area (Å²) in [5.74, 6) is 0.730. The first-order valence-corrected chi connectivity index (χ1v) is 4.55. The first-order chi connectivity index (χ1) is 5.56. The molecule has 0 saturated carbocycles. The van der Waals surface area contributed by atoms with Crippen LogP contribution in [0.4, 0.5) is 0 Å². The van der Waals surface area contributed by atoms with Crippen molar-refractivity contribution in [1.29, 1.82) is 0 Å². The molecule has 0 aromatic carbocycles. The van der Waals surface area contributed by atoms with E-state index in [0.29, 0.717) is 0 Å². The standard InChI is InChI=1S/C11H21N/c1-6-7-11(4)9-12(5)8-10(2)3/h6-7,10H,4,8-9H2,1-3,5H3/b7-6-. The molecule has 0 fully saturated rings. The molecule has 0 aromatic heterocycles. The molecule has 0 N–H and O–H groups in total. The van der Waals surface area contributed by atoms with Crippen LogP contribution < -0.4 is 0 Å². The highest BCUT2D eigenvalue weighted by molar-refractivity contribution is 5.15. The van der Waals surface area contributed by atoms with Crippen LogP contribution in [0.2, 0.25) is 0 Å². The van der Waals surface area contributed by atoms with Gasteiger partial charge in [0.05, 0.1) is 0 Å². The molecule has 0 saturated heterocycles. The molecule has 0 aliphatic carbocycles. The van der Waals surface area contributed by atoms with E-state index in [9.17, 15) is 0 Å². The molecule has 70 valence electrons. The molecule has 0 aliphatic heterocycles. The van der Waals surface area contributed by atoms with Crippen LogP contribution in [0.3, 0.4) is 0 Å². The second kappa shape index (κ2) is 6.01. The normalized spacial score (nSPS) is 11.8. The zero-order valence-corrected chi connectivity index (χ0v) is 8.80. The van der Waals surface area contributed by atoms with E-state index in [-0.39, 0.29) is 0 Å². The van der Waals surface area contributed by atoms with Gasteiger partial charge in [-0.25, -0.2) is 0 Å². The average molecular weight is 167 g/mol. The second-order valence-electron chi connectivity index (χ2n) is 3.75. The van der Waals surface area contributed by atoms with Crippen molar-refractivity contribution in [2.45, 2.75) is 20.8 Å². The highest BCUT2D eigenvalue weighted by Gasteiger charge is 2.01. The maximum Gasteiger partial charge on any atom is 0.0224 e. The molecule has 0 rings (SSSR count). The summed E-state index contributed by atoms with van der Waals surface area (Å²) < 4.78 is 0. The van der Waals surface area contributed by atoms with Crippen molar-refractivity contribution in [2.75, 3.05) is 20.1 Å². The number of allylic oxidation sites excluding steroid dienone is 1. The number of nitrogens with zero attached hydrogens (tertiary/aromatic N) is 1.